The van der Waals surface area contributed by atoms with Crippen LogP contribution in [0, 0.1) is 10.1 Å². The lowest BCUT2D eigenvalue weighted by atomic mass is 10.1. The highest BCUT2D eigenvalue weighted by Crippen LogP contribution is 2.17. The second kappa shape index (κ2) is 8.48. The third kappa shape index (κ3) is 5.44. The smallest absolute Gasteiger partial charge is 0.273 e. The van der Waals surface area contributed by atoms with E-state index in [2.05, 4.69) is 37.9 Å². The molecule has 0 fully saturated rings. The number of nitro groups is 1. The van der Waals surface area contributed by atoms with E-state index in [9.17, 15) is 14.9 Å². The van der Waals surface area contributed by atoms with Crippen LogP contribution >= 0.6 is 0 Å². The fraction of sp³-hybridized carbons (Fsp3) is 0.562. The van der Waals surface area contributed by atoms with Crippen molar-refractivity contribution in [2.24, 2.45) is 0 Å². The number of carbonyl (C=O) groups is 1. The van der Waals surface area contributed by atoms with Gasteiger partial charge >= 0.3 is 0 Å². The van der Waals surface area contributed by atoms with E-state index in [1.165, 1.54) is 6.07 Å². The van der Waals surface area contributed by atoms with Crippen molar-refractivity contribution in [3.8, 4) is 0 Å². The monoisotopic (exact) mass is 307 g/mol. The van der Waals surface area contributed by atoms with Gasteiger partial charge in [0.05, 0.1) is 11.3 Å². The highest BCUT2D eigenvalue weighted by molar-refractivity contribution is 5.79. The summed E-state index contributed by atoms with van der Waals surface area (Å²) in [6, 6.07) is 7.16. The van der Waals surface area contributed by atoms with Crippen LogP contribution in [0.2, 0.25) is 0 Å². The Morgan fingerprint density at radius 2 is 1.82 bits per heavy atom. The van der Waals surface area contributed by atoms with Gasteiger partial charge < -0.3 is 5.32 Å². The number of nitro benzene ring substituents is 1. The van der Waals surface area contributed by atoms with E-state index < -0.39 is 4.92 Å². The molecule has 0 aliphatic rings. The molecule has 122 valence electrons. The molecule has 0 spiro atoms. The third-order valence-corrected chi connectivity index (χ3v) is 3.56. The van der Waals surface area contributed by atoms with Crippen LogP contribution in [-0.2, 0) is 11.2 Å². The van der Waals surface area contributed by atoms with Gasteiger partial charge in [-0.3, -0.25) is 19.8 Å². The highest BCUT2D eigenvalue weighted by atomic mass is 16.6. The lowest BCUT2D eigenvalue weighted by Gasteiger charge is -2.30. The molecule has 0 saturated heterocycles. The summed E-state index contributed by atoms with van der Waals surface area (Å²) in [7, 11) is 0. The molecule has 22 heavy (non-hydrogen) atoms. The first-order valence-corrected chi connectivity index (χ1v) is 7.57. The van der Waals surface area contributed by atoms with Crippen molar-refractivity contribution in [1.82, 2.24) is 10.2 Å². The van der Waals surface area contributed by atoms with E-state index in [1.807, 2.05) is 0 Å². The zero-order valence-electron chi connectivity index (χ0n) is 13.7. The Hall–Kier alpha value is -1.95. The molecule has 1 aromatic carbocycles. The summed E-state index contributed by atoms with van der Waals surface area (Å²) in [6.45, 7) is 9.78. The number of para-hydroxylation sites is 1. The Bertz CT molecular complexity index is 507. The Balaban J connectivity index is 2.52. The topological polar surface area (TPSA) is 75.5 Å². The Morgan fingerprint density at radius 1 is 1.23 bits per heavy atom. The number of carbonyl (C=O) groups excluding carboxylic acids is 1. The van der Waals surface area contributed by atoms with Crippen molar-refractivity contribution in [2.75, 3.05) is 13.1 Å². The normalized spacial score (nSPS) is 11.2. The first kappa shape index (κ1) is 18.1. The molecule has 0 aromatic heterocycles. The molecule has 0 aliphatic heterocycles. The van der Waals surface area contributed by atoms with Crippen LogP contribution in [0.1, 0.15) is 33.3 Å². The van der Waals surface area contributed by atoms with Crippen molar-refractivity contribution in [2.45, 2.75) is 46.2 Å². The second-order valence-electron chi connectivity index (χ2n) is 5.84. The minimum Gasteiger partial charge on any atom is -0.355 e. The average Bonchev–Trinajstić information content (AvgIpc) is 2.43. The number of hydrogen-bond acceptors (Lipinski definition) is 4. The predicted octanol–water partition coefficient (Wildman–Crippen LogP) is 2.37. The quantitative estimate of drug-likeness (QED) is 0.591. The highest BCUT2D eigenvalue weighted by Gasteiger charge is 2.16. The summed E-state index contributed by atoms with van der Waals surface area (Å²) in [5.41, 5.74) is 0.429. The molecule has 0 radical (unpaired) electrons. The number of hydrogen-bond donors (Lipinski definition) is 1. The Labute approximate surface area is 131 Å². The molecule has 0 atom stereocenters. The molecule has 1 amide bonds. The van der Waals surface area contributed by atoms with Crippen molar-refractivity contribution in [3.05, 3.63) is 39.9 Å². The molecular weight excluding hydrogens is 282 g/mol. The van der Waals surface area contributed by atoms with E-state index in [0.29, 0.717) is 24.2 Å². The molecule has 6 nitrogen and oxygen atoms in total. The van der Waals surface area contributed by atoms with E-state index in [-0.39, 0.29) is 18.0 Å². The average molecular weight is 307 g/mol. The van der Waals surface area contributed by atoms with Gasteiger partial charge in [0.1, 0.15) is 0 Å². The van der Waals surface area contributed by atoms with Gasteiger partial charge in [0.25, 0.3) is 5.69 Å². The van der Waals surface area contributed by atoms with E-state index in [1.54, 1.807) is 18.2 Å². The summed E-state index contributed by atoms with van der Waals surface area (Å²) in [5.74, 6) is -0.193. The first-order chi connectivity index (χ1) is 10.3. The van der Waals surface area contributed by atoms with E-state index >= 15 is 0 Å². The van der Waals surface area contributed by atoms with Gasteiger partial charge in [0.2, 0.25) is 5.91 Å². The molecule has 0 saturated carbocycles. The lowest BCUT2D eigenvalue weighted by molar-refractivity contribution is -0.385. The van der Waals surface area contributed by atoms with E-state index in [0.717, 1.165) is 6.54 Å². The molecule has 0 heterocycles. The molecule has 0 aliphatic carbocycles. The van der Waals surface area contributed by atoms with Gasteiger partial charge in [0, 0.05) is 36.8 Å². The van der Waals surface area contributed by atoms with Gasteiger partial charge in [-0.15, -0.1) is 0 Å². The second-order valence-corrected chi connectivity index (χ2v) is 5.84. The van der Waals surface area contributed by atoms with Gasteiger partial charge in [-0.1, -0.05) is 18.2 Å². The molecule has 6 heteroatoms. The summed E-state index contributed by atoms with van der Waals surface area (Å²) in [4.78, 5) is 24.7. The summed E-state index contributed by atoms with van der Waals surface area (Å²) in [5, 5.41) is 13.8. The number of benzene rings is 1. The van der Waals surface area contributed by atoms with Crippen LogP contribution in [-0.4, -0.2) is 40.9 Å². The van der Waals surface area contributed by atoms with Crippen molar-refractivity contribution >= 4 is 11.6 Å². The van der Waals surface area contributed by atoms with Gasteiger partial charge in [-0.25, -0.2) is 0 Å². The molecule has 1 rings (SSSR count). The third-order valence-electron chi connectivity index (χ3n) is 3.56. The molecule has 1 aromatic rings. The van der Waals surface area contributed by atoms with Crippen LogP contribution in [0.3, 0.4) is 0 Å². The van der Waals surface area contributed by atoms with Crippen molar-refractivity contribution < 1.29 is 9.72 Å². The van der Waals surface area contributed by atoms with Gasteiger partial charge in [-0.05, 0) is 27.7 Å². The number of rotatable bonds is 8. The lowest BCUT2D eigenvalue weighted by Crippen LogP contribution is -2.42. The maximum absolute atomic E-state index is 12.0. The van der Waals surface area contributed by atoms with Crippen LogP contribution in [0.15, 0.2) is 24.3 Å². The fourth-order valence-corrected chi connectivity index (χ4v) is 2.51. The van der Waals surface area contributed by atoms with Crippen molar-refractivity contribution in [1.29, 1.82) is 0 Å². The van der Waals surface area contributed by atoms with Crippen LogP contribution in [0.4, 0.5) is 5.69 Å². The molecule has 0 bridgehead atoms. The number of nitrogens with one attached hydrogen (secondary N) is 1. The fourth-order valence-electron chi connectivity index (χ4n) is 2.51. The minimum absolute atomic E-state index is 0.0105. The largest absolute Gasteiger partial charge is 0.355 e. The molecule has 0 unspecified atom stereocenters. The number of amides is 1. The zero-order valence-corrected chi connectivity index (χ0v) is 13.7. The standard InChI is InChI=1S/C16H25N3O3/c1-12(2)18(13(3)4)10-9-17-16(20)11-14-7-5-6-8-15(14)19(21)22/h5-8,12-13H,9-11H2,1-4H3,(H,17,20). The predicted molar refractivity (Wildman–Crippen MR) is 86.8 cm³/mol. The summed E-state index contributed by atoms with van der Waals surface area (Å²) >= 11 is 0. The van der Waals surface area contributed by atoms with Crippen LogP contribution in [0.25, 0.3) is 0 Å². The molecule has 1 N–H and O–H groups in total. The summed E-state index contributed by atoms with van der Waals surface area (Å²) < 4.78 is 0. The SMILES string of the molecule is CC(C)N(CCNC(=O)Cc1ccccc1[N+](=O)[O-])C(C)C. The van der Waals surface area contributed by atoms with Crippen molar-refractivity contribution in [3.63, 3.8) is 0 Å². The Morgan fingerprint density at radius 3 is 2.36 bits per heavy atom. The van der Waals surface area contributed by atoms with E-state index in [4.69, 9.17) is 0 Å². The van der Waals surface area contributed by atoms with Crippen LogP contribution < -0.4 is 5.32 Å². The summed E-state index contributed by atoms with van der Waals surface area (Å²) in [6.07, 6.45) is 0.0283. The molecular formula is C16H25N3O3. The first-order valence-electron chi connectivity index (χ1n) is 7.57. The van der Waals surface area contributed by atoms with Gasteiger partial charge in [-0.2, -0.15) is 0 Å². The van der Waals surface area contributed by atoms with Crippen LogP contribution in [0.5, 0.6) is 0 Å². The Kier molecular flexibility index (Phi) is 6.98. The maximum Gasteiger partial charge on any atom is 0.273 e. The number of nitrogens with zero attached hydrogens (tertiary/aromatic N) is 2. The zero-order chi connectivity index (χ0) is 16.7. The maximum atomic E-state index is 12.0. The minimum atomic E-state index is -0.456. The van der Waals surface area contributed by atoms with Gasteiger partial charge in [0.15, 0.2) is 0 Å².